The molecule has 0 aromatic heterocycles. The van der Waals surface area contributed by atoms with Gasteiger partial charge >= 0.3 is 0 Å². The predicted molar refractivity (Wildman–Crippen MR) is 73.5 cm³/mol. The molecule has 6 heteroatoms. The van der Waals surface area contributed by atoms with Crippen LogP contribution in [-0.2, 0) is 0 Å². The van der Waals surface area contributed by atoms with E-state index in [9.17, 15) is 13.6 Å². The molecule has 0 saturated carbocycles. The van der Waals surface area contributed by atoms with Crippen molar-refractivity contribution in [1.82, 2.24) is 9.80 Å². The molecule has 2 rings (SSSR count). The van der Waals surface area contributed by atoms with Crippen LogP contribution in [0.5, 0.6) is 0 Å². The minimum absolute atomic E-state index is 0.121. The Kier molecular flexibility index (Phi) is 4.24. The van der Waals surface area contributed by atoms with Crippen molar-refractivity contribution in [3.63, 3.8) is 0 Å². The van der Waals surface area contributed by atoms with Crippen molar-refractivity contribution in [3.05, 3.63) is 35.4 Å². The van der Waals surface area contributed by atoms with Crippen molar-refractivity contribution in [2.24, 2.45) is 0 Å². The third-order valence-electron chi connectivity index (χ3n) is 3.79. The van der Waals surface area contributed by atoms with E-state index >= 15 is 0 Å². The molecular weight excluding hydrogens is 276 g/mol. The number of piperazine rings is 1. The van der Waals surface area contributed by atoms with Crippen LogP contribution in [0.25, 0.3) is 0 Å². The van der Waals surface area contributed by atoms with Gasteiger partial charge in [-0.15, -0.1) is 0 Å². The van der Waals surface area contributed by atoms with E-state index in [0.717, 1.165) is 6.07 Å². The average molecular weight is 293 g/mol. The van der Waals surface area contributed by atoms with Crippen molar-refractivity contribution in [3.8, 4) is 6.07 Å². The van der Waals surface area contributed by atoms with Crippen LogP contribution in [-0.4, -0.2) is 47.4 Å². The lowest BCUT2D eigenvalue weighted by atomic mass is 10.0. The Morgan fingerprint density at radius 3 is 2.38 bits per heavy atom. The fourth-order valence-corrected chi connectivity index (χ4v) is 2.37. The van der Waals surface area contributed by atoms with E-state index < -0.39 is 23.1 Å². The number of halogens is 2. The van der Waals surface area contributed by atoms with E-state index in [1.165, 1.54) is 11.0 Å². The van der Waals surface area contributed by atoms with Gasteiger partial charge in [0.1, 0.15) is 17.2 Å². The number of benzene rings is 1. The highest BCUT2D eigenvalue weighted by atomic mass is 19.1. The lowest BCUT2D eigenvalue weighted by molar-refractivity contribution is 0.0517. The van der Waals surface area contributed by atoms with E-state index in [2.05, 4.69) is 6.07 Å². The maximum atomic E-state index is 13.6. The molecule has 0 aliphatic carbocycles. The quantitative estimate of drug-likeness (QED) is 0.838. The Bertz CT molecular complexity index is 587. The minimum Gasteiger partial charge on any atom is -0.336 e. The van der Waals surface area contributed by atoms with Gasteiger partial charge in [0.05, 0.1) is 11.6 Å². The van der Waals surface area contributed by atoms with Gasteiger partial charge in [-0.3, -0.25) is 9.69 Å². The highest BCUT2D eigenvalue weighted by Gasteiger charge is 2.31. The number of rotatable bonds is 2. The van der Waals surface area contributed by atoms with Gasteiger partial charge < -0.3 is 4.90 Å². The van der Waals surface area contributed by atoms with Crippen LogP contribution in [0.1, 0.15) is 24.2 Å². The van der Waals surface area contributed by atoms with Crippen LogP contribution in [0.4, 0.5) is 8.78 Å². The molecule has 4 nitrogen and oxygen atoms in total. The van der Waals surface area contributed by atoms with Crippen LogP contribution < -0.4 is 0 Å². The standard InChI is InChI=1S/C15H17F2N3O/c1-15(2,10-18)20-7-5-19(6-8-20)14(21)12-4-3-11(16)9-13(12)17/h3-4,9H,5-8H2,1-2H3. The maximum Gasteiger partial charge on any atom is 0.256 e. The highest BCUT2D eigenvalue weighted by molar-refractivity contribution is 5.94. The molecule has 1 amide bonds. The van der Waals surface area contributed by atoms with Crippen molar-refractivity contribution >= 4 is 5.91 Å². The fourth-order valence-electron chi connectivity index (χ4n) is 2.37. The molecule has 0 radical (unpaired) electrons. The first kappa shape index (κ1) is 15.4. The number of hydrogen-bond donors (Lipinski definition) is 0. The summed E-state index contributed by atoms with van der Waals surface area (Å²) < 4.78 is 26.5. The summed E-state index contributed by atoms with van der Waals surface area (Å²) in [7, 11) is 0. The third-order valence-corrected chi connectivity index (χ3v) is 3.79. The molecule has 112 valence electrons. The first-order valence-electron chi connectivity index (χ1n) is 6.76. The summed E-state index contributed by atoms with van der Waals surface area (Å²) in [4.78, 5) is 15.7. The molecular formula is C15H17F2N3O. The Hall–Kier alpha value is -2.00. The lowest BCUT2D eigenvalue weighted by Gasteiger charge is -2.40. The summed E-state index contributed by atoms with van der Waals surface area (Å²) in [5.41, 5.74) is -0.708. The molecule has 1 fully saturated rings. The zero-order chi connectivity index (χ0) is 15.6. The van der Waals surface area contributed by atoms with Crippen molar-refractivity contribution in [2.75, 3.05) is 26.2 Å². The zero-order valence-electron chi connectivity index (χ0n) is 12.1. The second-order valence-corrected chi connectivity index (χ2v) is 5.57. The van der Waals surface area contributed by atoms with Gasteiger partial charge in [0.15, 0.2) is 0 Å². The average Bonchev–Trinajstić information content (AvgIpc) is 2.47. The molecule has 21 heavy (non-hydrogen) atoms. The SMILES string of the molecule is CC(C)(C#N)N1CCN(C(=O)c2ccc(F)cc2F)CC1. The summed E-state index contributed by atoms with van der Waals surface area (Å²) in [6.07, 6.45) is 0. The molecule has 1 saturated heterocycles. The van der Waals surface area contributed by atoms with Crippen LogP contribution in [0.3, 0.4) is 0 Å². The molecule has 1 aliphatic heterocycles. The Morgan fingerprint density at radius 2 is 1.86 bits per heavy atom. The molecule has 0 atom stereocenters. The molecule has 0 N–H and O–H groups in total. The number of carbonyl (C=O) groups excluding carboxylic acids is 1. The van der Waals surface area contributed by atoms with Gasteiger partial charge in [0.25, 0.3) is 5.91 Å². The highest BCUT2D eigenvalue weighted by Crippen LogP contribution is 2.18. The van der Waals surface area contributed by atoms with Gasteiger partial charge in [-0.1, -0.05) is 0 Å². The molecule has 1 heterocycles. The van der Waals surface area contributed by atoms with E-state index in [4.69, 9.17) is 5.26 Å². The Morgan fingerprint density at radius 1 is 1.24 bits per heavy atom. The molecule has 0 spiro atoms. The predicted octanol–water partition coefficient (Wildman–Crippen LogP) is 2.02. The molecule has 0 bridgehead atoms. The normalized spacial score (nSPS) is 16.6. The molecule has 1 aliphatic rings. The van der Waals surface area contributed by atoms with Gasteiger partial charge in [-0.25, -0.2) is 8.78 Å². The topological polar surface area (TPSA) is 47.3 Å². The van der Waals surface area contributed by atoms with Gasteiger partial charge in [0, 0.05) is 32.2 Å². The van der Waals surface area contributed by atoms with E-state index in [-0.39, 0.29) is 5.56 Å². The number of nitriles is 1. The minimum atomic E-state index is -0.847. The number of amides is 1. The molecule has 0 unspecified atom stereocenters. The summed E-state index contributed by atoms with van der Waals surface area (Å²) in [6.45, 7) is 5.58. The first-order chi connectivity index (χ1) is 9.85. The smallest absolute Gasteiger partial charge is 0.256 e. The summed E-state index contributed by atoms with van der Waals surface area (Å²) in [6, 6.07) is 5.17. The van der Waals surface area contributed by atoms with Crippen LogP contribution in [0, 0.1) is 23.0 Å². The Labute approximate surface area is 122 Å². The summed E-state index contributed by atoms with van der Waals surface area (Å²) >= 11 is 0. The Balaban J connectivity index is 2.06. The maximum absolute atomic E-state index is 13.6. The second-order valence-electron chi connectivity index (χ2n) is 5.57. The van der Waals surface area contributed by atoms with Crippen molar-refractivity contribution in [2.45, 2.75) is 19.4 Å². The van der Waals surface area contributed by atoms with Gasteiger partial charge in [-0.05, 0) is 26.0 Å². The van der Waals surface area contributed by atoms with Crippen LogP contribution >= 0.6 is 0 Å². The number of hydrogen-bond acceptors (Lipinski definition) is 3. The summed E-state index contributed by atoms with van der Waals surface area (Å²) in [5, 5.41) is 9.10. The van der Waals surface area contributed by atoms with Gasteiger partial charge in [-0.2, -0.15) is 5.26 Å². The lowest BCUT2D eigenvalue weighted by Crippen LogP contribution is -2.55. The van der Waals surface area contributed by atoms with Crippen molar-refractivity contribution < 1.29 is 13.6 Å². The second kappa shape index (κ2) is 5.78. The van der Waals surface area contributed by atoms with E-state index in [1.807, 2.05) is 18.7 Å². The third kappa shape index (κ3) is 3.19. The zero-order valence-corrected chi connectivity index (χ0v) is 12.1. The fraction of sp³-hybridized carbons (Fsp3) is 0.467. The van der Waals surface area contributed by atoms with Gasteiger partial charge in [0.2, 0.25) is 0 Å². The summed E-state index contributed by atoms with van der Waals surface area (Å²) in [5.74, 6) is -1.99. The van der Waals surface area contributed by atoms with Crippen LogP contribution in [0.15, 0.2) is 18.2 Å². The molecule has 1 aromatic rings. The molecule has 1 aromatic carbocycles. The van der Waals surface area contributed by atoms with E-state index in [1.54, 1.807) is 0 Å². The number of carbonyl (C=O) groups is 1. The van der Waals surface area contributed by atoms with Crippen molar-refractivity contribution in [1.29, 1.82) is 5.26 Å². The van der Waals surface area contributed by atoms with Crippen LogP contribution in [0.2, 0.25) is 0 Å². The largest absolute Gasteiger partial charge is 0.336 e. The monoisotopic (exact) mass is 293 g/mol. The first-order valence-corrected chi connectivity index (χ1v) is 6.76. The number of nitrogens with zero attached hydrogens (tertiary/aromatic N) is 3. The van der Waals surface area contributed by atoms with E-state index in [0.29, 0.717) is 32.2 Å².